The normalized spacial score (nSPS) is 44.9. The second-order valence-corrected chi connectivity index (χ2v) is 8.71. The molecule has 0 unspecified atom stereocenters. The molecule has 0 aromatic rings. The molecule has 0 N–H and O–H groups in total. The minimum absolute atomic E-state index is 0. The van der Waals surface area contributed by atoms with Gasteiger partial charge in [0.15, 0.2) is 0 Å². The molecule has 3 radical (unpaired) electrons. The van der Waals surface area contributed by atoms with Gasteiger partial charge < -0.3 is 0 Å². The van der Waals surface area contributed by atoms with Crippen LogP contribution in [0.4, 0.5) is 0 Å². The highest BCUT2D eigenvalue weighted by atomic mass is 14.4. The number of hydrogen-bond acceptors (Lipinski definition) is 0. The van der Waals surface area contributed by atoms with Gasteiger partial charge in [0.2, 0.25) is 0 Å². The second-order valence-electron chi connectivity index (χ2n) is 8.71. The van der Waals surface area contributed by atoms with Gasteiger partial charge in [-0.2, -0.15) is 0 Å². The SMILES string of the molecule is CC1CCC(C2CCC(C3CCC(C)CC3)CC2)CC1.[B]. The van der Waals surface area contributed by atoms with Crippen molar-refractivity contribution in [2.75, 3.05) is 0 Å². The molecule has 0 heterocycles. The van der Waals surface area contributed by atoms with E-state index >= 15 is 0 Å². The zero-order valence-electron chi connectivity index (χ0n) is 14.5. The van der Waals surface area contributed by atoms with Gasteiger partial charge in [0.1, 0.15) is 0 Å². The molecule has 1 heteroatoms. The molecule has 0 amide bonds. The first kappa shape index (κ1) is 17.4. The molecule has 3 fully saturated rings. The highest BCUT2D eigenvalue weighted by Gasteiger charge is 2.33. The maximum absolute atomic E-state index is 2.46. The van der Waals surface area contributed by atoms with Crippen LogP contribution in [0.15, 0.2) is 0 Å². The lowest BCUT2D eigenvalue weighted by Gasteiger charge is -2.41. The Morgan fingerprint density at radius 2 is 0.571 bits per heavy atom. The summed E-state index contributed by atoms with van der Waals surface area (Å²) in [5.41, 5.74) is 0. The quantitative estimate of drug-likeness (QED) is 0.541. The zero-order valence-corrected chi connectivity index (χ0v) is 14.5. The Kier molecular flexibility index (Phi) is 6.69. The topological polar surface area (TPSA) is 0 Å². The van der Waals surface area contributed by atoms with Gasteiger partial charge in [-0.3, -0.25) is 0 Å². The molecule has 0 saturated heterocycles. The van der Waals surface area contributed by atoms with Crippen LogP contribution < -0.4 is 0 Å². The van der Waals surface area contributed by atoms with Crippen molar-refractivity contribution in [3.63, 3.8) is 0 Å². The summed E-state index contributed by atoms with van der Waals surface area (Å²) in [6.45, 7) is 4.91. The van der Waals surface area contributed by atoms with E-state index < -0.39 is 0 Å². The summed E-state index contributed by atoms with van der Waals surface area (Å²) in [7, 11) is 0. The summed E-state index contributed by atoms with van der Waals surface area (Å²) in [5, 5.41) is 0. The Morgan fingerprint density at radius 3 is 0.810 bits per heavy atom. The van der Waals surface area contributed by atoms with E-state index in [1.807, 2.05) is 0 Å². The molecule has 0 aromatic heterocycles. The van der Waals surface area contributed by atoms with E-state index in [-0.39, 0.29) is 8.41 Å². The van der Waals surface area contributed by atoms with E-state index in [1.54, 1.807) is 51.4 Å². The molecule has 0 aromatic carbocycles. The fraction of sp³-hybridized carbons (Fsp3) is 1.00. The standard InChI is InChI=1S/C20H36.B/c1-15-3-7-17(8-4-15)19-11-13-20(14-12-19)18-9-5-16(2)6-10-18;/h15-20H,3-14H2,1-2H3;. The van der Waals surface area contributed by atoms with Crippen LogP contribution in [0.25, 0.3) is 0 Å². The summed E-state index contributed by atoms with van der Waals surface area (Å²) in [6.07, 6.45) is 18.6. The Hall–Kier alpha value is 0.0649. The monoisotopic (exact) mass is 287 g/mol. The molecule has 0 aliphatic heterocycles. The molecule has 0 nitrogen and oxygen atoms in total. The number of rotatable bonds is 2. The smallest absolute Gasteiger partial charge is 0 e. The zero-order chi connectivity index (χ0) is 13.9. The lowest BCUT2D eigenvalue weighted by molar-refractivity contribution is 0.108. The molecular weight excluding hydrogens is 251 g/mol. The molecule has 21 heavy (non-hydrogen) atoms. The van der Waals surface area contributed by atoms with E-state index in [2.05, 4.69) is 13.8 Å². The van der Waals surface area contributed by atoms with Crippen LogP contribution >= 0.6 is 0 Å². The first-order valence-electron chi connectivity index (χ1n) is 9.72. The first-order chi connectivity index (χ1) is 9.72. The molecular formula is C20H36B. The van der Waals surface area contributed by atoms with Crippen LogP contribution in [0.2, 0.25) is 0 Å². The predicted octanol–water partition coefficient (Wildman–Crippen LogP) is 6.06. The minimum Gasteiger partial charge on any atom is -0.0625 e. The second kappa shape index (κ2) is 8.07. The van der Waals surface area contributed by atoms with Gasteiger partial charge >= 0.3 is 0 Å². The third kappa shape index (κ3) is 4.52. The third-order valence-electron chi connectivity index (χ3n) is 7.27. The molecule has 3 aliphatic carbocycles. The maximum Gasteiger partial charge on any atom is 0 e. The Bertz CT molecular complexity index is 246. The summed E-state index contributed by atoms with van der Waals surface area (Å²) >= 11 is 0. The van der Waals surface area contributed by atoms with Crippen LogP contribution in [0.5, 0.6) is 0 Å². The minimum atomic E-state index is 0. The van der Waals surface area contributed by atoms with Gasteiger partial charge in [-0.25, -0.2) is 0 Å². The van der Waals surface area contributed by atoms with E-state index in [4.69, 9.17) is 0 Å². The Labute approximate surface area is 135 Å². The van der Waals surface area contributed by atoms with Crippen LogP contribution in [0.3, 0.4) is 0 Å². The molecule has 3 saturated carbocycles. The van der Waals surface area contributed by atoms with Crippen LogP contribution in [-0.4, -0.2) is 8.41 Å². The summed E-state index contributed by atoms with van der Waals surface area (Å²) in [6, 6.07) is 0. The van der Waals surface area contributed by atoms with Gasteiger partial charge in [0, 0.05) is 8.41 Å². The molecule has 0 spiro atoms. The third-order valence-corrected chi connectivity index (χ3v) is 7.27. The van der Waals surface area contributed by atoms with Gasteiger partial charge in [0.25, 0.3) is 0 Å². The largest absolute Gasteiger partial charge is 0.0625 e. The van der Waals surface area contributed by atoms with Crippen LogP contribution in [0, 0.1) is 35.5 Å². The molecule has 0 bridgehead atoms. The van der Waals surface area contributed by atoms with Crippen molar-refractivity contribution in [3.05, 3.63) is 0 Å². The van der Waals surface area contributed by atoms with Crippen molar-refractivity contribution in [2.24, 2.45) is 35.5 Å². The van der Waals surface area contributed by atoms with Crippen LogP contribution in [0.1, 0.15) is 90.9 Å². The lowest BCUT2D eigenvalue weighted by Crippen LogP contribution is -2.29. The van der Waals surface area contributed by atoms with Gasteiger partial charge in [-0.1, -0.05) is 39.5 Å². The molecule has 3 aliphatic rings. The van der Waals surface area contributed by atoms with Crippen molar-refractivity contribution in [2.45, 2.75) is 90.9 Å². The van der Waals surface area contributed by atoms with Gasteiger partial charge in [0.05, 0.1) is 0 Å². The van der Waals surface area contributed by atoms with E-state index in [9.17, 15) is 0 Å². The molecule has 0 atom stereocenters. The number of hydrogen-bond donors (Lipinski definition) is 0. The van der Waals surface area contributed by atoms with E-state index in [1.165, 1.54) is 25.7 Å². The van der Waals surface area contributed by atoms with Gasteiger partial charge in [-0.15, -0.1) is 0 Å². The summed E-state index contributed by atoms with van der Waals surface area (Å²) < 4.78 is 0. The lowest BCUT2D eigenvalue weighted by atomic mass is 9.65. The molecule has 3 rings (SSSR count). The average Bonchev–Trinajstić information content (AvgIpc) is 2.49. The van der Waals surface area contributed by atoms with Crippen molar-refractivity contribution in [1.29, 1.82) is 0 Å². The highest BCUT2D eigenvalue weighted by molar-refractivity contribution is 5.75. The van der Waals surface area contributed by atoms with Crippen LogP contribution in [-0.2, 0) is 0 Å². The average molecular weight is 287 g/mol. The van der Waals surface area contributed by atoms with E-state index in [0.29, 0.717) is 0 Å². The van der Waals surface area contributed by atoms with Crippen molar-refractivity contribution in [1.82, 2.24) is 0 Å². The fourth-order valence-corrected chi connectivity index (χ4v) is 5.60. The Morgan fingerprint density at radius 1 is 0.381 bits per heavy atom. The maximum atomic E-state index is 2.46. The summed E-state index contributed by atoms with van der Waals surface area (Å²) in [4.78, 5) is 0. The summed E-state index contributed by atoms with van der Waals surface area (Å²) in [5.74, 6) is 6.48. The van der Waals surface area contributed by atoms with Crippen molar-refractivity contribution >= 4 is 8.41 Å². The van der Waals surface area contributed by atoms with E-state index in [0.717, 1.165) is 35.5 Å². The molecule has 119 valence electrons. The Balaban J connectivity index is 0.00000161. The fourth-order valence-electron chi connectivity index (χ4n) is 5.60. The highest BCUT2D eigenvalue weighted by Crippen LogP contribution is 2.45. The van der Waals surface area contributed by atoms with Crippen molar-refractivity contribution < 1.29 is 0 Å². The van der Waals surface area contributed by atoms with Gasteiger partial charge in [-0.05, 0) is 86.9 Å². The van der Waals surface area contributed by atoms with Crippen molar-refractivity contribution in [3.8, 4) is 0 Å². The predicted molar refractivity (Wildman–Crippen MR) is 93.4 cm³/mol. The first-order valence-corrected chi connectivity index (χ1v) is 9.72.